The lowest BCUT2D eigenvalue weighted by atomic mass is 9.64. The van der Waals surface area contributed by atoms with Crippen LogP contribution in [0, 0.1) is 11.3 Å². The zero-order valence-corrected chi connectivity index (χ0v) is 21.2. The Morgan fingerprint density at radius 3 is 2.30 bits per heavy atom. The highest BCUT2D eigenvalue weighted by Gasteiger charge is 2.72. The Bertz CT molecular complexity index is 657. The van der Waals surface area contributed by atoms with E-state index in [1.54, 1.807) is 27.9 Å². The van der Waals surface area contributed by atoms with Crippen molar-refractivity contribution < 1.29 is 43.1 Å². The van der Waals surface area contributed by atoms with Crippen LogP contribution in [0.3, 0.4) is 0 Å². The van der Waals surface area contributed by atoms with Gasteiger partial charge in [-0.15, -0.1) is 0 Å². The molecule has 0 aromatic carbocycles. The van der Waals surface area contributed by atoms with Crippen molar-refractivity contribution in [3.05, 3.63) is 0 Å². The molecule has 9 heteroatoms. The minimum Gasteiger partial charge on any atom is -0.468 e. The molecule has 0 radical (unpaired) electrons. The third kappa shape index (κ3) is 5.88. The number of rotatable bonds is 12. The van der Waals surface area contributed by atoms with E-state index in [1.165, 1.54) is 7.11 Å². The topological polar surface area (TPSA) is 110 Å². The lowest BCUT2D eigenvalue weighted by Gasteiger charge is -2.50. The van der Waals surface area contributed by atoms with E-state index in [0.29, 0.717) is 26.1 Å². The molecular formula is C24H42O9. The highest BCUT2D eigenvalue weighted by molar-refractivity contribution is 5.84. The Hall–Kier alpha value is -1.26. The first-order chi connectivity index (χ1) is 15.5. The zero-order valence-electron chi connectivity index (χ0n) is 21.2. The lowest BCUT2D eigenvalue weighted by molar-refractivity contribution is -0.249. The second kappa shape index (κ2) is 11.4. The Kier molecular flexibility index (Phi) is 9.70. The fourth-order valence-corrected chi connectivity index (χ4v) is 5.11. The molecule has 9 nitrogen and oxygen atoms in total. The van der Waals surface area contributed by atoms with Gasteiger partial charge in [0.15, 0.2) is 5.60 Å². The Morgan fingerprint density at radius 2 is 1.76 bits per heavy atom. The largest absolute Gasteiger partial charge is 0.468 e. The Balaban J connectivity index is 2.46. The number of aliphatic hydroxyl groups is 1. The van der Waals surface area contributed by atoms with Crippen LogP contribution in [0.4, 0.5) is 0 Å². The van der Waals surface area contributed by atoms with E-state index in [1.807, 2.05) is 13.8 Å². The molecule has 192 valence electrons. The zero-order chi connectivity index (χ0) is 24.9. The van der Waals surface area contributed by atoms with Crippen LogP contribution in [0.2, 0.25) is 0 Å². The lowest BCUT2D eigenvalue weighted by Crippen LogP contribution is -2.66. The van der Waals surface area contributed by atoms with Gasteiger partial charge < -0.3 is 33.5 Å². The summed E-state index contributed by atoms with van der Waals surface area (Å²) in [6, 6.07) is 0. The predicted octanol–water partition coefficient (Wildman–Crippen LogP) is 2.61. The van der Waals surface area contributed by atoms with Gasteiger partial charge in [0.25, 0.3) is 0 Å². The molecular weight excluding hydrogens is 432 g/mol. The van der Waals surface area contributed by atoms with Crippen molar-refractivity contribution in [3.8, 4) is 0 Å². The van der Waals surface area contributed by atoms with E-state index < -0.39 is 46.7 Å². The molecule has 2 saturated carbocycles. The highest BCUT2D eigenvalue weighted by Crippen LogP contribution is 2.59. The molecule has 2 aliphatic carbocycles. The molecule has 2 bridgehead atoms. The fourth-order valence-electron chi connectivity index (χ4n) is 5.11. The van der Waals surface area contributed by atoms with Crippen LogP contribution < -0.4 is 0 Å². The van der Waals surface area contributed by atoms with E-state index in [0.717, 1.165) is 12.8 Å². The first-order valence-electron chi connectivity index (χ1n) is 11.9. The van der Waals surface area contributed by atoms with Crippen molar-refractivity contribution in [1.82, 2.24) is 0 Å². The highest BCUT2D eigenvalue weighted by atomic mass is 16.7. The van der Waals surface area contributed by atoms with E-state index in [4.69, 9.17) is 28.4 Å². The molecule has 0 aliphatic heterocycles. The maximum Gasteiger partial charge on any atom is 0.339 e. The fraction of sp³-hybridized carbons (Fsp3) is 0.917. The van der Waals surface area contributed by atoms with Crippen LogP contribution >= 0.6 is 0 Å². The van der Waals surface area contributed by atoms with Crippen LogP contribution in [0.25, 0.3) is 0 Å². The predicted molar refractivity (Wildman–Crippen MR) is 119 cm³/mol. The molecule has 33 heavy (non-hydrogen) atoms. The monoisotopic (exact) mass is 474 g/mol. The summed E-state index contributed by atoms with van der Waals surface area (Å²) in [5.74, 6) is -1.86. The first kappa shape index (κ1) is 28.0. The van der Waals surface area contributed by atoms with Crippen molar-refractivity contribution in [1.29, 1.82) is 0 Å². The molecule has 0 heterocycles. The third-order valence-corrected chi connectivity index (χ3v) is 6.77. The quantitative estimate of drug-likeness (QED) is 0.259. The molecule has 0 saturated heterocycles. The van der Waals surface area contributed by atoms with Crippen LogP contribution in [0.15, 0.2) is 0 Å². The minimum atomic E-state index is -1.87. The number of carbonyl (C=O) groups excluding carboxylic acids is 2. The first-order valence-corrected chi connectivity index (χ1v) is 11.9. The Labute approximate surface area is 197 Å². The van der Waals surface area contributed by atoms with E-state index in [-0.39, 0.29) is 19.3 Å². The summed E-state index contributed by atoms with van der Waals surface area (Å²) < 4.78 is 33.7. The van der Waals surface area contributed by atoms with Crippen molar-refractivity contribution in [2.45, 2.75) is 96.2 Å². The summed E-state index contributed by atoms with van der Waals surface area (Å²) >= 11 is 0. The molecule has 2 aliphatic rings. The van der Waals surface area contributed by atoms with Gasteiger partial charge in [-0.25, -0.2) is 4.79 Å². The summed E-state index contributed by atoms with van der Waals surface area (Å²) in [6.45, 7) is 9.82. The second-order valence-electron chi connectivity index (χ2n) is 9.98. The molecule has 0 aromatic heterocycles. The number of hydrogen-bond donors (Lipinski definition) is 1. The normalized spacial score (nSPS) is 31.6. The summed E-state index contributed by atoms with van der Waals surface area (Å²) in [7, 11) is 2.90. The van der Waals surface area contributed by atoms with Gasteiger partial charge in [-0.1, -0.05) is 13.8 Å². The van der Waals surface area contributed by atoms with Crippen LogP contribution in [0.1, 0.15) is 66.7 Å². The van der Waals surface area contributed by atoms with Gasteiger partial charge >= 0.3 is 11.9 Å². The van der Waals surface area contributed by atoms with E-state index >= 15 is 0 Å². The minimum absolute atomic E-state index is 0.0669. The molecule has 2 rings (SSSR count). The molecule has 2 fully saturated rings. The maximum absolute atomic E-state index is 13.3. The van der Waals surface area contributed by atoms with Crippen molar-refractivity contribution in [3.63, 3.8) is 0 Å². The molecule has 0 unspecified atom stereocenters. The molecule has 5 atom stereocenters. The molecule has 0 spiro atoms. The summed E-state index contributed by atoms with van der Waals surface area (Å²) in [4.78, 5) is 26.5. The SMILES string of the molecule is CCC(CC)O[C@@H]1C[C@](O)(C(=O)OC(C)(C)C)[C@@H]2CC[C@@]1(C(=O)OC)[C@H]2OCOCCOC. The van der Waals surface area contributed by atoms with Gasteiger partial charge in [-0.2, -0.15) is 0 Å². The van der Waals surface area contributed by atoms with E-state index in [9.17, 15) is 14.7 Å². The number of methoxy groups -OCH3 is 2. The summed E-state index contributed by atoms with van der Waals surface area (Å²) in [5, 5.41) is 11.8. The number of hydrogen-bond acceptors (Lipinski definition) is 9. The number of esters is 2. The molecule has 1 N–H and O–H groups in total. The van der Waals surface area contributed by atoms with Gasteiger partial charge in [0.05, 0.1) is 38.6 Å². The Morgan fingerprint density at radius 1 is 1.09 bits per heavy atom. The van der Waals surface area contributed by atoms with Crippen molar-refractivity contribution in [2.75, 3.05) is 34.2 Å². The van der Waals surface area contributed by atoms with E-state index in [2.05, 4.69) is 0 Å². The second-order valence-corrected chi connectivity index (χ2v) is 9.98. The smallest absolute Gasteiger partial charge is 0.339 e. The molecule has 0 amide bonds. The molecule has 0 aromatic rings. The van der Waals surface area contributed by atoms with Crippen molar-refractivity contribution >= 4 is 11.9 Å². The standard InChI is InChI=1S/C24H42O9/c1-8-16(9-2)32-18-14-24(27,21(26)33-22(3,4)5)17-10-11-23(18,20(25)29-7)19(17)31-15-30-13-12-28-6/h16-19,27H,8-15H2,1-7H3/t17-,18-,19+,23+,24-/m1/s1. The number of fused-ring (bicyclic) bond motifs is 2. The maximum atomic E-state index is 13.3. The average Bonchev–Trinajstić information content (AvgIpc) is 3.09. The van der Waals surface area contributed by atoms with Crippen LogP contribution in [0.5, 0.6) is 0 Å². The van der Waals surface area contributed by atoms with Gasteiger partial charge in [0.1, 0.15) is 17.8 Å². The van der Waals surface area contributed by atoms with Gasteiger partial charge in [-0.05, 0) is 46.5 Å². The van der Waals surface area contributed by atoms with Crippen LogP contribution in [-0.2, 0) is 38.0 Å². The van der Waals surface area contributed by atoms with Gasteiger partial charge in [-0.3, -0.25) is 4.79 Å². The summed E-state index contributed by atoms with van der Waals surface area (Å²) in [5.41, 5.74) is -3.80. The number of carbonyl (C=O) groups is 2. The number of ether oxygens (including phenoxy) is 6. The average molecular weight is 475 g/mol. The van der Waals surface area contributed by atoms with Crippen molar-refractivity contribution in [2.24, 2.45) is 11.3 Å². The van der Waals surface area contributed by atoms with Gasteiger partial charge in [0, 0.05) is 19.4 Å². The van der Waals surface area contributed by atoms with Gasteiger partial charge in [0.2, 0.25) is 0 Å². The third-order valence-electron chi connectivity index (χ3n) is 6.77. The summed E-state index contributed by atoms with van der Waals surface area (Å²) in [6.07, 6.45) is 0.374. The van der Waals surface area contributed by atoms with Crippen LogP contribution in [-0.4, -0.2) is 80.8 Å².